The van der Waals surface area contributed by atoms with E-state index < -0.39 is 0 Å². The molecular weight excluding hydrogens is 224 g/mol. The van der Waals surface area contributed by atoms with Gasteiger partial charge in [0, 0.05) is 0 Å². The second-order valence-electron chi connectivity index (χ2n) is 2.38. The Morgan fingerprint density at radius 1 is 0.533 bits per heavy atom. The normalized spacial score (nSPS) is 8.00. The van der Waals surface area contributed by atoms with Crippen LogP contribution in [0, 0.1) is 0 Å². The fraction of sp³-hybridized carbons (Fsp3) is 0. The van der Waals surface area contributed by atoms with E-state index >= 15 is 0 Å². The van der Waals surface area contributed by atoms with Crippen LogP contribution in [0.2, 0.25) is 0 Å². The van der Waals surface area contributed by atoms with E-state index in [1.807, 2.05) is 57.9 Å². The van der Waals surface area contributed by atoms with Crippen molar-refractivity contribution in [1.29, 1.82) is 0 Å². The summed E-state index contributed by atoms with van der Waals surface area (Å²) < 4.78 is 4.58. The molecule has 0 spiro atoms. The average molecular weight is 236 g/mol. The smallest absolute Gasteiger partial charge is 0.0902 e. The summed E-state index contributed by atoms with van der Waals surface area (Å²) in [7, 11) is 0. The van der Waals surface area contributed by atoms with Gasteiger partial charge in [0.1, 0.15) is 0 Å². The van der Waals surface area contributed by atoms with Crippen LogP contribution in [0.5, 0.6) is 0 Å². The zero-order valence-corrected chi connectivity index (χ0v) is 9.79. The molecule has 3 aromatic rings. The van der Waals surface area contributed by atoms with Crippen LogP contribution in [0.3, 0.4) is 0 Å². The molecule has 0 amide bonds. The minimum atomic E-state index is 1.62. The van der Waals surface area contributed by atoms with Gasteiger partial charge in [0.25, 0.3) is 0 Å². The molecule has 3 rings (SSSR count). The molecule has 0 saturated heterocycles. The van der Waals surface area contributed by atoms with E-state index in [0.717, 1.165) is 0 Å². The largest absolute Gasteiger partial charge is 0.473 e. The van der Waals surface area contributed by atoms with E-state index in [9.17, 15) is 0 Å². The summed E-state index contributed by atoms with van der Waals surface area (Å²) in [5.74, 6) is 0. The molecule has 0 aromatic carbocycles. The van der Waals surface area contributed by atoms with Crippen LogP contribution in [0.15, 0.2) is 74.9 Å². The maximum atomic E-state index is 4.58. The van der Waals surface area contributed by atoms with Crippen LogP contribution < -0.4 is 0 Å². The van der Waals surface area contributed by atoms with Crippen molar-refractivity contribution in [2.24, 2.45) is 0 Å². The molecule has 15 heavy (non-hydrogen) atoms. The fourth-order valence-electron chi connectivity index (χ4n) is 0.680. The molecule has 0 saturated carbocycles. The van der Waals surface area contributed by atoms with Crippen molar-refractivity contribution in [2.75, 3.05) is 0 Å². The molecular formula is C12H12OS2. The third kappa shape index (κ3) is 7.73. The van der Waals surface area contributed by atoms with E-state index in [0.29, 0.717) is 0 Å². The number of rotatable bonds is 0. The average Bonchev–Trinajstić information content (AvgIpc) is 3.09. The van der Waals surface area contributed by atoms with Crippen molar-refractivity contribution in [2.45, 2.75) is 0 Å². The summed E-state index contributed by atoms with van der Waals surface area (Å²) in [5.41, 5.74) is 0. The Balaban J connectivity index is 0.000000112. The van der Waals surface area contributed by atoms with Crippen LogP contribution in [0.4, 0.5) is 0 Å². The van der Waals surface area contributed by atoms with E-state index in [-0.39, 0.29) is 0 Å². The molecule has 3 heteroatoms. The zero-order chi connectivity index (χ0) is 10.6. The van der Waals surface area contributed by atoms with Crippen molar-refractivity contribution in [1.82, 2.24) is 0 Å². The van der Waals surface area contributed by atoms with Gasteiger partial charge in [-0.1, -0.05) is 24.3 Å². The summed E-state index contributed by atoms with van der Waals surface area (Å²) in [5, 5.41) is 8.17. The Morgan fingerprint density at radius 3 is 1.07 bits per heavy atom. The molecule has 1 nitrogen and oxygen atoms in total. The Labute approximate surface area is 97.6 Å². The van der Waals surface area contributed by atoms with E-state index in [1.54, 1.807) is 35.2 Å². The van der Waals surface area contributed by atoms with Crippen LogP contribution in [-0.2, 0) is 0 Å². The first-order valence-corrected chi connectivity index (χ1v) is 6.30. The quantitative estimate of drug-likeness (QED) is 0.547. The molecule has 3 heterocycles. The summed E-state index contributed by atoms with van der Waals surface area (Å²) in [4.78, 5) is 0. The highest BCUT2D eigenvalue weighted by Gasteiger charge is 1.59. The predicted molar refractivity (Wildman–Crippen MR) is 67.3 cm³/mol. The lowest BCUT2D eigenvalue weighted by Crippen LogP contribution is -1.16. The molecule has 0 aliphatic rings. The van der Waals surface area contributed by atoms with E-state index in [2.05, 4.69) is 4.42 Å². The summed E-state index contributed by atoms with van der Waals surface area (Å²) in [6, 6.07) is 11.7. The highest BCUT2D eigenvalue weighted by atomic mass is 32.1. The molecule has 0 bridgehead atoms. The summed E-state index contributed by atoms with van der Waals surface area (Å²) in [6.45, 7) is 0. The van der Waals surface area contributed by atoms with Crippen LogP contribution in [0.25, 0.3) is 0 Å². The van der Waals surface area contributed by atoms with E-state index in [1.165, 1.54) is 0 Å². The third-order valence-electron chi connectivity index (χ3n) is 1.28. The number of hydrogen-bond donors (Lipinski definition) is 0. The SMILES string of the molecule is c1ccoc1.c1ccsc1.c1ccsc1. The predicted octanol–water partition coefficient (Wildman–Crippen LogP) is 4.78. The monoisotopic (exact) mass is 236 g/mol. The van der Waals surface area contributed by atoms with Gasteiger partial charge < -0.3 is 4.42 Å². The van der Waals surface area contributed by atoms with Crippen molar-refractivity contribution < 1.29 is 4.42 Å². The lowest BCUT2D eigenvalue weighted by Gasteiger charge is -1.50. The lowest BCUT2D eigenvalue weighted by molar-refractivity contribution is 0.567. The molecule has 0 aliphatic heterocycles. The minimum Gasteiger partial charge on any atom is -0.473 e. The van der Waals surface area contributed by atoms with Crippen LogP contribution in [0.1, 0.15) is 0 Å². The van der Waals surface area contributed by atoms with Gasteiger partial charge in [0.05, 0.1) is 12.5 Å². The third-order valence-corrected chi connectivity index (χ3v) is 2.53. The molecule has 0 N–H and O–H groups in total. The Kier molecular flexibility index (Phi) is 7.24. The highest BCUT2D eigenvalue weighted by Crippen LogP contribution is 1.92. The second-order valence-corrected chi connectivity index (χ2v) is 4.01. The molecule has 0 aliphatic carbocycles. The minimum absolute atomic E-state index is 1.62. The maximum Gasteiger partial charge on any atom is 0.0902 e. The van der Waals surface area contributed by atoms with Gasteiger partial charge in [-0.3, -0.25) is 0 Å². The van der Waals surface area contributed by atoms with E-state index in [4.69, 9.17) is 0 Å². The first-order chi connectivity index (χ1) is 7.50. The molecule has 78 valence electrons. The summed E-state index contributed by atoms with van der Waals surface area (Å²) in [6.07, 6.45) is 3.25. The van der Waals surface area contributed by atoms with Gasteiger partial charge in [0.2, 0.25) is 0 Å². The Bertz CT molecular complexity index is 246. The van der Waals surface area contributed by atoms with Crippen LogP contribution >= 0.6 is 22.7 Å². The van der Waals surface area contributed by atoms with Gasteiger partial charge in [-0.2, -0.15) is 22.7 Å². The highest BCUT2D eigenvalue weighted by molar-refractivity contribution is 7.08. The van der Waals surface area contributed by atoms with Gasteiger partial charge in [-0.15, -0.1) is 0 Å². The lowest BCUT2D eigenvalue weighted by atomic mass is 10.7. The van der Waals surface area contributed by atoms with Crippen LogP contribution in [-0.4, -0.2) is 0 Å². The topological polar surface area (TPSA) is 13.1 Å². The van der Waals surface area contributed by atoms with Gasteiger partial charge in [0.15, 0.2) is 0 Å². The Morgan fingerprint density at radius 2 is 0.933 bits per heavy atom. The molecule has 0 atom stereocenters. The second kappa shape index (κ2) is 9.24. The molecule has 0 unspecified atom stereocenters. The maximum absolute atomic E-state index is 4.58. The molecule has 0 fully saturated rings. The van der Waals surface area contributed by atoms with Crippen molar-refractivity contribution in [3.8, 4) is 0 Å². The number of furan rings is 1. The zero-order valence-electron chi connectivity index (χ0n) is 8.15. The van der Waals surface area contributed by atoms with Crippen molar-refractivity contribution in [3.63, 3.8) is 0 Å². The summed E-state index contributed by atoms with van der Waals surface area (Å²) >= 11 is 3.43. The molecule has 3 aromatic heterocycles. The van der Waals surface area contributed by atoms with Gasteiger partial charge >= 0.3 is 0 Å². The van der Waals surface area contributed by atoms with Gasteiger partial charge in [-0.25, -0.2) is 0 Å². The first kappa shape index (κ1) is 11.8. The van der Waals surface area contributed by atoms with Crippen molar-refractivity contribution >= 4 is 22.7 Å². The first-order valence-electron chi connectivity index (χ1n) is 4.41. The van der Waals surface area contributed by atoms with Gasteiger partial charge in [-0.05, 0) is 33.7 Å². The Hall–Kier alpha value is -1.32. The molecule has 0 radical (unpaired) electrons. The van der Waals surface area contributed by atoms with Crippen molar-refractivity contribution in [3.05, 3.63) is 70.4 Å². The standard InChI is InChI=1S/C4H4O.2C4H4S/c3*1-2-4-5-3-1/h3*1-4H. The fourth-order valence-corrected chi connectivity index (χ4v) is 1.59. The number of hydrogen-bond acceptors (Lipinski definition) is 3. The number of thiophene rings is 2.